The highest BCUT2D eigenvalue weighted by atomic mass is 32.2. The summed E-state index contributed by atoms with van der Waals surface area (Å²) in [5.41, 5.74) is 0. The molecule has 4 N–H and O–H groups in total. The van der Waals surface area contributed by atoms with Crippen molar-refractivity contribution in [1.29, 1.82) is 0 Å². The number of nitrogens with zero attached hydrogens (tertiary/aromatic N) is 1. The molecule has 1 aliphatic rings. The van der Waals surface area contributed by atoms with E-state index in [0.717, 1.165) is 0 Å². The number of hydrogen-bond acceptors (Lipinski definition) is 2. The molecule has 0 aliphatic carbocycles. The van der Waals surface area contributed by atoms with Crippen LogP contribution in [0.5, 0.6) is 0 Å². The first kappa shape index (κ1) is 12.0. The molecule has 0 spiro atoms. The van der Waals surface area contributed by atoms with Crippen molar-refractivity contribution >= 4 is 11.8 Å². The molecule has 0 aromatic heterocycles. The topological polar surface area (TPSA) is 66.2 Å². The Bertz CT molecular complexity index is 56.9. The molecule has 0 unspecified atom stereocenters. The van der Waals surface area contributed by atoms with Crippen molar-refractivity contribution in [2.75, 3.05) is 31.6 Å². The SMILES string of the molecule is CN1CCSCC1.O.O. The van der Waals surface area contributed by atoms with Gasteiger partial charge >= 0.3 is 0 Å². The third-order valence-electron chi connectivity index (χ3n) is 1.23. The second-order valence-electron chi connectivity index (χ2n) is 1.92. The minimum absolute atomic E-state index is 0. The summed E-state index contributed by atoms with van der Waals surface area (Å²) in [7, 11) is 2.18. The van der Waals surface area contributed by atoms with Gasteiger partial charge in [0.05, 0.1) is 0 Å². The molecule has 1 fully saturated rings. The van der Waals surface area contributed by atoms with Gasteiger partial charge in [-0.2, -0.15) is 11.8 Å². The fourth-order valence-electron chi connectivity index (χ4n) is 0.655. The molecule has 0 bridgehead atoms. The first-order valence-corrected chi connectivity index (χ1v) is 3.81. The number of hydrogen-bond donors (Lipinski definition) is 0. The second kappa shape index (κ2) is 6.35. The van der Waals surface area contributed by atoms with Crippen LogP contribution >= 0.6 is 11.8 Å². The summed E-state index contributed by atoms with van der Waals surface area (Å²) in [6, 6.07) is 0. The lowest BCUT2D eigenvalue weighted by Gasteiger charge is -2.20. The van der Waals surface area contributed by atoms with E-state index in [2.05, 4.69) is 23.7 Å². The van der Waals surface area contributed by atoms with E-state index in [1.54, 1.807) is 0 Å². The minimum Gasteiger partial charge on any atom is -0.412 e. The quantitative estimate of drug-likeness (QED) is 0.449. The van der Waals surface area contributed by atoms with Gasteiger partial charge in [0.1, 0.15) is 0 Å². The Kier molecular flexibility index (Phi) is 8.44. The third-order valence-corrected chi connectivity index (χ3v) is 2.18. The Labute approximate surface area is 60.0 Å². The average Bonchev–Trinajstić information content (AvgIpc) is 1.69. The Morgan fingerprint density at radius 3 is 1.78 bits per heavy atom. The molecule has 1 aliphatic heterocycles. The first-order chi connectivity index (χ1) is 3.39. The van der Waals surface area contributed by atoms with Gasteiger partial charge in [0.2, 0.25) is 0 Å². The zero-order valence-corrected chi connectivity index (χ0v) is 6.50. The largest absolute Gasteiger partial charge is 0.412 e. The second-order valence-corrected chi connectivity index (χ2v) is 3.14. The van der Waals surface area contributed by atoms with Crippen LogP contribution in [-0.2, 0) is 0 Å². The fraction of sp³-hybridized carbons (Fsp3) is 1.00. The Balaban J connectivity index is 0. The van der Waals surface area contributed by atoms with Crippen LogP contribution in [0.2, 0.25) is 0 Å². The van der Waals surface area contributed by atoms with E-state index in [0.29, 0.717) is 0 Å². The van der Waals surface area contributed by atoms with Crippen molar-refractivity contribution in [1.82, 2.24) is 4.90 Å². The van der Waals surface area contributed by atoms with E-state index < -0.39 is 0 Å². The summed E-state index contributed by atoms with van der Waals surface area (Å²) in [4.78, 5) is 2.37. The van der Waals surface area contributed by atoms with Gasteiger partial charge in [0.15, 0.2) is 0 Å². The molecule has 0 atom stereocenters. The average molecular weight is 153 g/mol. The molecule has 0 saturated carbocycles. The van der Waals surface area contributed by atoms with Crippen LogP contribution < -0.4 is 0 Å². The van der Waals surface area contributed by atoms with E-state index in [-0.39, 0.29) is 11.0 Å². The van der Waals surface area contributed by atoms with Gasteiger partial charge in [-0.25, -0.2) is 0 Å². The molecule has 0 radical (unpaired) electrons. The highest BCUT2D eigenvalue weighted by Crippen LogP contribution is 2.05. The standard InChI is InChI=1S/C5H11NS.2H2O/c1-6-2-4-7-5-3-6;;/h2-5H2,1H3;2*1H2. The van der Waals surface area contributed by atoms with Gasteiger partial charge in [-0.15, -0.1) is 0 Å². The molecule has 1 heterocycles. The van der Waals surface area contributed by atoms with E-state index in [9.17, 15) is 0 Å². The van der Waals surface area contributed by atoms with Gasteiger partial charge in [0, 0.05) is 24.6 Å². The third kappa shape index (κ3) is 4.72. The maximum Gasteiger partial charge on any atom is 0.00696 e. The highest BCUT2D eigenvalue weighted by molar-refractivity contribution is 7.99. The lowest BCUT2D eigenvalue weighted by atomic mass is 10.6. The predicted octanol–water partition coefficient (Wildman–Crippen LogP) is -0.984. The predicted molar refractivity (Wildman–Crippen MR) is 42.0 cm³/mol. The van der Waals surface area contributed by atoms with Crippen molar-refractivity contribution < 1.29 is 11.0 Å². The van der Waals surface area contributed by atoms with Gasteiger partial charge in [-0.05, 0) is 7.05 Å². The molecule has 4 heteroatoms. The van der Waals surface area contributed by atoms with E-state index in [1.807, 2.05) is 0 Å². The van der Waals surface area contributed by atoms with Crippen LogP contribution in [0.4, 0.5) is 0 Å². The van der Waals surface area contributed by atoms with Crippen molar-refractivity contribution in [2.24, 2.45) is 0 Å². The van der Waals surface area contributed by atoms with Crippen molar-refractivity contribution in [3.05, 3.63) is 0 Å². The number of rotatable bonds is 0. The first-order valence-electron chi connectivity index (χ1n) is 2.66. The van der Waals surface area contributed by atoms with Gasteiger partial charge in [0.25, 0.3) is 0 Å². The van der Waals surface area contributed by atoms with Gasteiger partial charge in [-0.1, -0.05) is 0 Å². The van der Waals surface area contributed by atoms with E-state index >= 15 is 0 Å². The zero-order chi connectivity index (χ0) is 5.11. The molecule has 58 valence electrons. The summed E-state index contributed by atoms with van der Waals surface area (Å²) in [6.07, 6.45) is 0. The molecular formula is C5H15NO2S. The molecule has 1 saturated heterocycles. The maximum atomic E-state index is 2.37. The Morgan fingerprint density at radius 1 is 1.11 bits per heavy atom. The summed E-state index contributed by atoms with van der Waals surface area (Å²) < 4.78 is 0. The Morgan fingerprint density at radius 2 is 1.56 bits per heavy atom. The Hall–Kier alpha value is 0.230. The molecule has 1 rings (SSSR count). The summed E-state index contributed by atoms with van der Waals surface area (Å²) >= 11 is 2.06. The summed E-state index contributed by atoms with van der Waals surface area (Å²) in [5, 5.41) is 0. The van der Waals surface area contributed by atoms with E-state index in [4.69, 9.17) is 0 Å². The fourth-order valence-corrected chi connectivity index (χ4v) is 1.74. The van der Waals surface area contributed by atoms with Crippen LogP contribution in [0.25, 0.3) is 0 Å². The van der Waals surface area contributed by atoms with Crippen LogP contribution in [0.15, 0.2) is 0 Å². The zero-order valence-electron chi connectivity index (χ0n) is 5.68. The van der Waals surface area contributed by atoms with Gasteiger partial charge in [-0.3, -0.25) is 0 Å². The van der Waals surface area contributed by atoms with Crippen molar-refractivity contribution in [3.63, 3.8) is 0 Å². The van der Waals surface area contributed by atoms with Crippen LogP contribution in [-0.4, -0.2) is 47.5 Å². The number of thioether (sulfide) groups is 1. The van der Waals surface area contributed by atoms with Crippen LogP contribution in [0.1, 0.15) is 0 Å². The van der Waals surface area contributed by atoms with Crippen molar-refractivity contribution in [2.45, 2.75) is 0 Å². The van der Waals surface area contributed by atoms with Crippen molar-refractivity contribution in [3.8, 4) is 0 Å². The molecule has 9 heavy (non-hydrogen) atoms. The maximum absolute atomic E-state index is 2.37. The van der Waals surface area contributed by atoms with E-state index in [1.165, 1.54) is 24.6 Å². The molecule has 0 amide bonds. The molecule has 0 aromatic rings. The normalized spacial score (nSPS) is 19.7. The molecule has 3 nitrogen and oxygen atoms in total. The summed E-state index contributed by atoms with van der Waals surface area (Å²) in [6.45, 7) is 2.56. The smallest absolute Gasteiger partial charge is 0.00696 e. The summed E-state index contributed by atoms with van der Waals surface area (Å²) in [5.74, 6) is 2.66. The minimum atomic E-state index is 0. The van der Waals surface area contributed by atoms with Crippen LogP contribution in [0, 0.1) is 0 Å². The molecule has 0 aromatic carbocycles. The van der Waals surface area contributed by atoms with Gasteiger partial charge < -0.3 is 15.9 Å². The molecular weight excluding hydrogens is 138 g/mol. The monoisotopic (exact) mass is 153 g/mol. The lowest BCUT2D eigenvalue weighted by molar-refractivity contribution is 0.372. The van der Waals surface area contributed by atoms with Crippen LogP contribution in [0.3, 0.4) is 0 Å². The highest BCUT2D eigenvalue weighted by Gasteiger charge is 2.02. The lowest BCUT2D eigenvalue weighted by Crippen LogP contribution is -2.28.